The van der Waals surface area contributed by atoms with E-state index in [0.717, 1.165) is 27.9 Å². The number of carbonyl (C=O) groups excluding carboxylic acids is 2. The Morgan fingerprint density at radius 3 is 2.78 bits per heavy atom. The maximum absolute atomic E-state index is 13.0. The normalized spacial score (nSPS) is 25.1. The number of carbonyl (C=O) groups is 2. The molecule has 1 N–H and O–H groups in total. The smallest absolute Gasteiger partial charge is 0.411 e. The Balaban J connectivity index is 1.69. The third-order valence-corrected chi connectivity index (χ3v) is 6.61. The fourth-order valence-electron chi connectivity index (χ4n) is 3.95. The van der Waals surface area contributed by atoms with Crippen LogP contribution in [0.15, 0.2) is 15.9 Å². The number of fused-ring (bicyclic) bond motifs is 2. The van der Waals surface area contributed by atoms with Gasteiger partial charge in [0.15, 0.2) is 0 Å². The summed E-state index contributed by atoms with van der Waals surface area (Å²) in [4.78, 5) is 28.3. The molecule has 0 radical (unpaired) electrons. The summed E-state index contributed by atoms with van der Waals surface area (Å²) in [5, 5.41) is 12.3. The molecule has 1 aliphatic heterocycles. The van der Waals surface area contributed by atoms with E-state index in [4.69, 9.17) is 4.74 Å². The number of thiophene rings is 1. The van der Waals surface area contributed by atoms with E-state index in [1.165, 1.54) is 0 Å². The van der Waals surface area contributed by atoms with E-state index in [1.54, 1.807) is 16.2 Å². The van der Waals surface area contributed by atoms with Crippen molar-refractivity contribution in [2.45, 2.75) is 70.2 Å². The van der Waals surface area contributed by atoms with E-state index < -0.39 is 23.8 Å². The number of piperidine rings is 1. The second kappa shape index (κ2) is 7.80. The Morgan fingerprint density at radius 2 is 2.19 bits per heavy atom. The summed E-state index contributed by atoms with van der Waals surface area (Å²) in [6, 6.07) is 4.91. The monoisotopic (exact) mass is 453 g/mol. The zero-order valence-corrected chi connectivity index (χ0v) is 18.1. The summed E-state index contributed by atoms with van der Waals surface area (Å²) in [6.07, 6.45) is 2.67. The first-order valence-electron chi connectivity index (χ1n) is 9.13. The minimum absolute atomic E-state index is 0.0504. The Morgan fingerprint density at radius 1 is 1.44 bits per heavy atom. The van der Waals surface area contributed by atoms with Crippen LogP contribution in [0.25, 0.3) is 0 Å². The van der Waals surface area contributed by atoms with Gasteiger partial charge in [0.2, 0.25) is 5.91 Å². The first-order valence-corrected chi connectivity index (χ1v) is 10.7. The number of halogens is 1. The molecule has 2 heterocycles. The molecule has 2 fully saturated rings. The van der Waals surface area contributed by atoms with Crippen molar-refractivity contribution in [1.29, 1.82) is 5.26 Å². The van der Waals surface area contributed by atoms with Crippen LogP contribution in [0.2, 0.25) is 0 Å². The quantitative estimate of drug-likeness (QED) is 0.750. The van der Waals surface area contributed by atoms with Crippen LogP contribution in [0.1, 0.15) is 44.9 Å². The van der Waals surface area contributed by atoms with Crippen LogP contribution in [-0.2, 0) is 16.0 Å². The molecule has 8 heteroatoms. The predicted molar refractivity (Wildman–Crippen MR) is 106 cm³/mol. The second-order valence-corrected chi connectivity index (χ2v) is 10.7. The molecular formula is C19H24BrN3O3S. The first kappa shape index (κ1) is 20.2. The lowest BCUT2D eigenvalue weighted by Gasteiger charge is -2.35. The molecule has 1 aromatic heterocycles. The van der Waals surface area contributed by atoms with Crippen LogP contribution in [0.4, 0.5) is 4.79 Å². The van der Waals surface area contributed by atoms with Crippen molar-refractivity contribution in [3.8, 4) is 6.07 Å². The molecule has 6 nitrogen and oxygen atoms in total. The predicted octanol–water partition coefficient (Wildman–Crippen LogP) is 3.85. The van der Waals surface area contributed by atoms with Gasteiger partial charge < -0.3 is 10.1 Å². The van der Waals surface area contributed by atoms with E-state index in [9.17, 15) is 14.9 Å². The average molecular weight is 454 g/mol. The largest absolute Gasteiger partial charge is 0.444 e. The van der Waals surface area contributed by atoms with Crippen molar-refractivity contribution < 1.29 is 14.3 Å². The number of rotatable bonds is 4. The number of nitrogens with one attached hydrogen (secondary N) is 1. The van der Waals surface area contributed by atoms with E-state index in [1.807, 2.05) is 32.9 Å². The van der Waals surface area contributed by atoms with Crippen molar-refractivity contribution in [1.82, 2.24) is 10.2 Å². The van der Waals surface area contributed by atoms with Crippen LogP contribution in [0.5, 0.6) is 0 Å². The molecule has 2 bridgehead atoms. The number of likely N-dealkylation sites (tertiary alicyclic amines) is 1. The van der Waals surface area contributed by atoms with Gasteiger partial charge in [-0.2, -0.15) is 5.26 Å². The lowest BCUT2D eigenvalue weighted by atomic mass is 9.97. The second-order valence-electron chi connectivity index (χ2n) is 8.16. The van der Waals surface area contributed by atoms with Gasteiger partial charge in [-0.3, -0.25) is 9.69 Å². The van der Waals surface area contributed by atoms with Gasteiger partial charge in [-0.1, -0.05) is 0 Å². The van der Waals surface area contributed by atoms with Gasteiger partial charge in [0, 0.05) is 17.3 Å². The summed E-state index contributed by atoms with van der Waals surface area (Å²) >= 11 is 4.95. The first-order chi connectivity index (χ1) is 12.7. The van der Waals surface area contributed by atoms with Crippen LogP contribution in [0, 0.1) is 17.2 Å². The number of hydrogen-bond donors (Lipinski definition) is 1. The van der Waals surface area contributed by atoms with Gasteiger partial charge >= 0.3 is 6.09 Å². The Bertz CT molecular complexity index is 767. The summed E-state index contributed by atoms with van der Waals surface area (Å²) in [6.45, 7) is 5.46. The minimum atomic E-state index is -0.623. The molecule has 1 saturated carbocycles. The van der Waals surface area contributed by atoms with Crippen LogP contribution in [-0.4, -0.2) is 40.6 Å². The number of hydrogen-bond acceptors (Lipinski definition) is 5. The zero-order valence-electron chi connectivity index (χ0n) is 15.7. The summed E-state index contributed by atoms with van der Waals surface area (Å²) < 4.78 is 6.51. The van der Waals surface area contributed by atoms with Gasteiger partial charge in [0.25, 0.3) is 0 Å². The van der Waals surface area contributed by atoms with Gasteiger partial charge in [-0.05, 0) is 74.0 Å². The third kappa shape index (κ3) is 4.64. The fourth-order valence-corrected chi connectivity index (χ4v) is 5.48. The molecule has 4 atom stereocenters. The molecule has 3 rings (SSSR count). The highest BCUT2D eigenvalue weighted by atomic mass is 79.9. The summed E-state index contributed by atoms with van der Waals surface area (Å²) in [7, 11) is 0. The third-order valence-electron chi connectivity index (χ3n) is 4.96. The molecule has 4 unspecified atom stereocenters. The highest BCUT2D eigenvalue weighted by Gasteiger charge is 2.52. The fraction of sp³-hybridized carbons (Fsp3) is 0.632. The average Bonchev–Trinajstić information content (AvgIpc) is 3.27. The molecule has 1 aromatic rings. The van der Waals surface area contributed by atoms with Crippen molar-refractivity contribution in [2.24, 2.45) is 5.92 Å². The maximum atomic E-state index is 13.0. The van der Waals surface area contributed by atoms with Gasteiger partial charge in [-0.25, -0.2) is 4.79 Å². The van der Waals surface area contributed by atoms with Gasteiger partial charge in [0.05, 0.1) is 9.86 Å². The molecular weight excluding hydrogens is 430 g/mol. The summed E-state index contributed by atoms with van der Waals surface area (Å²) in [5.74, 6) is -0.118. The number of nitrogens with zero attached hydrogens (tertiary/aromatic N) is 2. The zero-order chi connectivity index (χ0) is 19.8. The van der Waals surface area contributed by atoms with Crippen LogP contribution in [0.3, 0.4) is 0 Å². The molecule has 2 amide bonds. The van der Waals surface area contributed by atoms with Gasteiger partial charge in [0.1, 0.15) is 17.7 Å². The summed E-state index contributed by atoms with van der Waals surface area (Å²) in [5.41, 5.74) is -0.609. The topological polar surface area (TPSA) is 82.4 Å². The molecule has 0 spiro atoms. The highest BCUT2D eigenvalue weighted by molar-refractivity contribution is 9.11. The van der Waals surface area contributed by atoms with Crippen molar-refractivity contribution in [2.75, 3.05) is 0 Å². The molecule has 0 aromatic carbocycles. The lowest BCUT2D eigenvalue weighted by Crippen LogP contribution is -2.55. The number of ether oxygens (including phenoxy) is 1. The van der Waals surface area contributed by atoms with E-state index >= 15 is 0 Å². The van der Waals surface area contributed by atoms with Gasteiger partial charge in [-0.15, -0.1) is 11.3 Å². The van der Waals surface area contributed by atoms with Crippen LogP contribution >= 0.6 is 27.3 Å². The van der Waals surface area contributed by atoms with Crippen LogP contribution < -0.4 is 5.32 Å². The standard InChI is InChI=1S/C19H24BrN3O3S/c1-19(2,3)26-18(25)23-13-5-4-11(8-13)16(23)17(24)22-12(10-21)9-14-6-7-15(20)27-14/h6-7,11-13,16H,4-5,8-9H2,1-3H3,(H,22,24). The number of nitriles is 1. The van der Waals surface area contributed by atoms with Crippen molar-refractivity contribution >= 4 is 39.3 Å². The molecule has 146 valence electrons. The minimum Gasteiger partial charge on any atom is -0.444 e. The Kier molecular flexibility index (Phi) is 5.82. The number of amides is 2. The van der Waals surface area contributed by atoms with E-state index in [2.05, 4.69) is 27.3 Å². The maximum Gasteiger partial charge on any atom is 0.411 e. The Hall–Kier alpha value is -1.59. The molecule has 27 heavy (non-hydrogen) atoms. The SMILES string of the molecule is CC(C)(C)OC(=O)N1C2CCC(C2)C1C(=O)NC(C#N)Cc1ccc(Br)s1. The molecule has 1 saturated heterocycles. The Labute approximate surface area is 172 Å². The molecule has 1 aliphatic carbocycles. The van der Waals surface area contributed by atoms with E-state index in [0.29, 0.717) is 6.42 Å². The molecule has 2 aliphatic rings. The van der Waals surface area contributed by atoms with Crippen molar-refractivity contribution in [3.05, 3.63) is 20.8 Å². The highest BCUT2D eigenvalue weighted by Crippen LogP contribution is 2.43. The van der Waals surface area contributed by atoms with Crippen molar-refractivity contribution in [3.63, 3.8) is 0 Å². The van der Waals surface area contributed by atoms with E-state index in [-0.39, 0.29) is 17.9 Å². The lowest BCUT2D eigenvalue weighted by molar-refractivity contribution is -0.128.